The Hall–Kier alpha value is 1.97. The minimum Gasteiger partial charge on any atom is -1.00 e. The summed E-state index contributed by atoms with van der Waals surface area (Å²) >= 11 is 6.43. The Morgan fingerprint density at radius 1 is 0.863 bits per heavy atom. The number of carbonyl (C=O) groups is 3. The number of nitrogens with zero attached hydrogens (tertiary/aromatic N) is 6. The van der Waals surface area contributed by atoms with Crippen molar-refractivity contribution in [3.8, 4) is 0 Å². The predicted molar refractivity (Wildman–Crippen MR) is 197 cm³/mol. The number of hydrogen-bond donors (Lipinski definition) is 0. The molecule has 2 aliphatic carbocycles. The summed E-state index contributed by atoms with van der Waals surface area (Å²) in [4.78, 5) is 47.7. The van der Waals surface area contributed by atoms with Crippen LogP contribution in [-0.2, 0) is 45.5 Å². The summed E-state index contributed by atoms with van der Waals surface area (Å²) in [6.45, 7) is 7.54. The smallest absolute Gasteiger partial charge is 1.00 e. The number of alkyl halides is 4. The van der Waals surface area contributed by atoms with Gasteiger partial charge in [0.15, 0.2) is 0 Å². The van der Waals surface area contributed by atoms with Crippen LogP contribution in [0.2, 0.25) is 0 Å². The van der Waals surface area contributed by atoms with Crippen molar-refractivity contribution in [1.82, 2.24) is 28.9 Å². The van der Waals surface area contributed by atoms with Crippen molar-refractivity contribution in [2.45, 2.75) is 128 Å². The average Bonchev–Trinajstić information content (AvgIpc) is 3.69. The molecule has 0 radical (unpaired) electrons. The molecule has 2 aliphatic heterocycles. The molecule has 2 fully saturated rings. The third-order valence-electron chi connectivity index (χ3n) is 9.42. The van der Waals surface area contributed by atoms with E-state index in [1.54, 1.807) is 6.20 Å². The zero-order valence-corrected chi connectivity index (χ0v) is 42.2. The van der Waals surface area contributed by atoms with Crippen LogP contribution in [0.1, 0.15) is 114 Å². The summed E-state index contributed by atoms with van der Waals surface area (Å²) in [5.74, 6) is -2.57. The summed E-state index contributed by atoms with van der Waals surface area (Å²) < 4.78 is 58.4. The molecule has 6 rings (SSSR count). The molecule has 2 aromatic heterocycles. The van der Waals surface area contributed by atoms with Crippen LogP contribution in [0, 0.1) is 3.70 Å². The van der Waals surface area contributed by atoms with E-state index in [9.17, 15) is 27.2 Å². The van der Waals surface area contributed by atoms with Gasteiger partial charge in [0.25, 0.3) is 6.47 Å². The summed E-state index contributed by atoms with van der Waals surface area (Å²) in [5, 5.41) is 8.43. The molecule has 2 aromatic rings. The van der Waals surface area contributed by atoms with Gasteiger partial charge in [-0.3, -0.25) is 14.4 Å². The predicted octanol–water partition coefficient (Wildman–Crippen LogP) is 0.788. The first-order valence-electron chi connectivity index (χ1n) is 16.3. The van der Waals surface area contributed by atoms with Gasteiger partial charge in [-0.2, -0.15) is 0 Å². The fourth-order valence-corrected chi connectivity index (χ4v) is 7.48. The van der Waals surface area contributed by atoms with Crippen LogP contribution < -0.4 is 108 Å². The van der Waals surface area contributed by atoms with Crippen molar-refractivity contribution in [1.29, 1.82) is 0 Å². The second kappa shape index (κ2) is 24.7. The molecule has 0 unspecified atom stereocenters. The Morgan fingerprint density at radius 3 is 1.75 bits per heavy atom. The van der Waals surface area contributed by atoms with Crippen LogP contribution >= 0.6 is 59.8 Å². The van der Waals surface area contributed by atoms with Gasteiger partial charge in [0.1, 0.15) is 15.3 Å². The monoisotopic (exact) mass is 1110 g/mol. The topological polar surface area (TPSA) is 126 Å². The van der Waals surface area contributed by atoms with E-state index in [2.05, 4.69) is 83.8 Å². The Morgan fingerprint density at radius 2 is 1.29 bits per heavy atom. The van der Waals surface area contributed by atoms with Gasteiger partial charge >= 0.3 is 103 Å². The maximum Gasteiger partial charge on any atom is 1.00 e. The summed E-state index contributed by atoms with van der Waals surface area (Å²) in [6, 6.07) is 0. The van der Waals surface area contributed by atoms with E-state index in [0.29, 0.717) is 64.7 Å². The number of halogens is 7. The van der Waals surface area contributed by atoms with E-state index in [0.717, 1.165) is 39.8 Å². The van der Waals surface area contributed by atoms with Crippen LogP contribution in [0.4, 0.5) is 17.6 Å². The minimum absolute atomic E-state index is 0. The van der Waals surface area contributed by atoms with Crippen LogP contribution in [0.25, 0.3) is 0 Å². The number of aromatic nitrogens is 4. The van der Waals surface area contributed by atoms with Gasteiger partial charge in [0, 0.05) is 114 Å². The van der Waals surface area contributed by atoms with Crippen molar-refractivity contribution in [3.63, 3.8) is 0 Å². The van der Waals surface area contributed by atoms with E-state index in [1.807, 2.05) is 23.6 Å². The van der Waals surface area contributed by atoms with Crippen LogP contribution in [0.3, 0.4) is 0 Å². The molecule has 0 N–H and O–H groups in total. The second-order valence-electron chi connectivity index (χ2n) is 12.4. The fraction of sp³-hybridized carbons (Fsp3) is 0.710. The van der Waals surface area contributed by atoms with Gasteiger partial charge in [-0.25, -0.2) is 27.5 Å². The molecule has 0 aromatic carbocycles. The summed E-state index contributed by atoms with van der Waals surface area (Å²) in [7, 11) is 0. The maximum atomic E-state index is 13.3. The minimum atomic E-state index is -2.51. The Kier molecular flexibility index (Phi) is 24.7. The number of amides is 2. The van der Waals surface area contributed by atoms with Gasteiger partial charge in [-0.15, -0.1) is 0 Å². The fourth-order valence-electron chi connectivity index (χ4n) is 6.77. The Labute approximate surface area is 420 Å². The van der Waals surface area contributed by atoms with Gasteiger partial charge in [0.2, 0.25) is 23.7 Å². The molecule has 2 saturated carbocycles. The van der Waals surface area contributed by atoms with Crippen molar-refractivity contribution >= 4 is 78.1 Å². The van der Waals surface area contributed by atoms with Crippen molar-refractivity contribution in [2.75, 3.05) is 13.1 Å². The molecule has 4 aliphatic rings. The maximum absolute atomic E-state index is 13.3. The Balaban J connectivity index is 0.000000828. The number of imidazole rings is 2. The largest absolute Gasteiger partial charge is 1.00 e. The van der Waals surface area contributed by atoms with Gasteiger partial charge in [-0.1, -0.05) is 13.8 Å². The summed E-state index contributed by atoms with van der Waals surface area (Å²) in [5.41, 5.74) is 2.08. The molecule has 11 nitrogen and oxygen atoms in total. The van der Waals surface area contributed by atoms with Gasteiger partial charge in [0.05, 0.1) is 30.7 Å². The zero-order chi connectivity index (χ0) is 36.4. The third kappa shape index (κ3) is 14.7. The van der Waals surface area contributed by atoms with E-state index >= 15 is 0 Å². The molecule has 0 spiro atoms. The zero-order valence-electron chi connectivity index (χ0n) is 30.5. The van der Waals surface area contributed by atoms with E-state index < -0.39 is 11.8 Å². The van der Waals surface area contributed by atoms with Gasteiger partial charge < -0.3 is 30.5 Å². The van der Waals surface area contributed by atoms with Crippen molar-refractivity contribution in [2.24, 2.45) is 0 Å². The van der Waals surface area contributed by atoms with E-state index in [-0.39, 0.29) is 160 Å². The molecule has 0 saturated heterocycles. The van der Waals surface area contributed by atoms with Gasteiger partial charge in [-0.05, 0) is 48.3 Å². The standard InChI is InChI=1S/C15H20F2IN3O.C15H21F2N3O.CH2O3.I2.2K.H/c1-2-12(22)20-7-8-21-11(9-20)13(18)19-14(21)10-3-5-15(16,17)6-4-10;1-2-13(21)19-7-8-20-12(10-19)9-18-14(20)11-3-5-15(16,17)6-4-11;2-1-4-3;1-2;;;/h10H,2-9H2,1H3;9,11H,2-8,10H2,1H3;1,3H;;;;/q;;;;2*+1;-1/p-1. The molecule has 2 amide bonds. The Bertz CT molecular complexity index is 1410. The molecule has 0 bridgehead atoms. The number of carbonyl (C=O) groups excluding carboxylic acids is 3. The van der Waals surface area contributed by atoms with Crippen LogP contribution in [0.15, 0.2) is 6.20 Å². The first-order chi connectivity index (χ1) is 23.3. The third-order valence-corrected chi connectivity index (χ3v) is 10.3. The quantitative estimate of drug-likeness (QED) is 0.108. The molecule has 20 heteroatoms. The normalized spacial score (nSPS) is 19.0. The molecular formula is C31H43F4I3K2N6O5. The van der Waals surface area contributed by atoms with Crippen LogP contribution in [-0.4, -0.2) is 72.1 Å². The number of fused-ring (bicyclic) bond motifs is 2. The molecule has 278 valence electrons. The van der Waals surface area contributed by atoms with Crippen molar-refractivity contribution in [3.05, 3.63) is 32.9 Å². The SMILES string of the molecule is CCC(=O)N1CCn2c(C3CCC(F)(F)CC3)nc(I)c2C1.CCC(=O)N1CCn2c(cnc2C2CCC(F)(F)CC2)C1.II.O=CO[O-].[H-].[K+].[K+]. The first kappa shape index (κ1) is 51.0. The van der Waals surface area contributed by atoms with Crippen molar-refractivity contribution < 1.29 is 146 Å². The number of hydrogen-bond acceptors (Lipinski definition) is 7. The molecule has 51 heavy (non-hydrogen) atoms. The molecule has 0 atom stereocenters. The van der Waals surface area contributed by atoms with E-state index in [4.69, 9.17) is 10.1 Å². The molecular weight excluding hydrogens is 1070 g/mol. The first-order valence-corrected chi connectivity index (χ1v) is 23.7. The average molecular weight is 1110 g/mol. The van der Waals surface area contributed by atoms with E-state index in [1.165, 1.54) is 0 Å². The second-order valence-corrected chi connectivity index (χ2v) is 13.4. The number of rotatable bonds is 5. The van der Waals surface area contributed by atoms with Crippen LogP contribution in [0.5, 0.6) is 0 Å². The summed E-state index contributed by atoms with van der Waals surface area (Å²) in [6.07, 6.45) is 4.65. The molecule has 4 heterocycles.